The van der Waals surface area contributed by atoms with Gasteiger partial charge < -0.3 is 21.1 Å². The van der Waals surface area contributed by atoms with Crippen molar-refractivity contribution in [1.82, 2.24) is 10.3 Å². The quantitative estimate of drug-likeness (QED) is 0.199. The summed E-state index contributed by atoms with van der Waals surface area (Å²) in [5.41, 5.74) is 11.7. The molecule has 0 spiro atoms. The number of benzene rings is 3. The van der Waals surface area contributed by atoms with Crippen molar-refractivity contribution in [3.63, 3.8) is 0 Å². The van der Waals surface area contributed by atoms with Gasteiger partial charge in [-0.2, -0.15) is 0 Å². The van der Waals surface area contributed by atoms with Crippen LogP contribution in [0.3, 0.4) is 0 Å². The second-order valence-electron chi connectivity index (χ2n) is 11.1. The number of para-hydroxylation sites is 1. The Labute approximate surface area is 248 Å². The van der Waals surface area contributed by atoms with Crippen molar-refractivity contribution in [1.29, 1.82) is 0 Å². The summed E-state index contributed by atoms with van der Waals surface area (Å²) in [7, 11) is 1.98. The van der Waals surface area contributed by atoms with Crippen molar-refractivity contribution < 1.29 is 14.7 Å². The van der Waals surface area contributed by atoms with Gasteiger partial charge in [-0.15, -0.1) is 0 Å². The largest absolute Gasteiger partial charge is 0.392 e. The third kappa shape index (κ3) is 6.86. The van der Waals surface area contributed by atoms with Gasteiger partial charge in [0.2, 0.25) is 5.91 Å². The van der Waals surface area contributed by atoms with Crippen LogP contribution in [0, 0.1) is 0 Å². The lowest BCUT2D eigenvalue weighted by atomic mass is 9.84. The maximum absolute atomic E-state index is 13.5. The molecule has 0 saturated heterocycles. The summed E-state index contributed by atoms with van der Waals surface area (Å²) >= 11 is 0. The molecule has 1 aromatic heterocycles. The molecule has 3 atom stereocenters. The average Bonchev–Trinajstić information content (AvgIpc) is 3.00. The number of aliphatic hydroxyl groups is 1. The molecule has 0 aliphatic heterocycles. The third-order valence-corrected chi connectivity index (χ3v) is 7.88. The van der Waals surface area contributed by atoms with Gasteiger partial charge >= 0.3 is 0 Å². The molecule has 4 aromatic rings. The van der Waals surface area contributed by atoms with Gasteiger partial charge in [0.05, 0.1) is 24.0 Å². The summed E-state index contributed by atoms with van der Waals surface area (Å²) < 4.78 is 0. The van der Waals surface area contributed by atoms with E-state index < -0.39 is 17.9 Å². The predicted molar refractivity (Wildman–Crippen MR) is 168 cm³/mol. The highest BCUT2D eigenvalue weighted by Crippen LogP contribution is 2.33. The number of pyridine rings is 1. The minimum atomic E-state index is -0.904. The third-order valence-electron chi connectivity index (χ3n) is 7.88. The molecular formula is C35H40N4O3. The number of carbonyl (C=O) groups is 2. The summed E-state index contributed by atoms with van der Waals surface area (Å²) in [5.74, 6) is -1.20. The number of rotatable bonds is 11. The molecule has 0 unspecified atom stereocenters. The fourth-order valence-corrected chi connectivity index (χ4v) is 5.26. The van der Waals surface area contributed by atoms with Gasteiger partial charge in [-0.3, -0.25) is 14.6 Å². The molecule has 7 nitrogen and oxygen atoms in total. The van der Waals surface area contributed by atoms with Gasteiger partial charge in [0, 0.05) is 42.4 Å². The lowest BCUT2D eigenvalue weighted by Crippen LogP contribution is -2.31. The van der Waals surface area contributed by atoms with Gasteiger partial charge in [0.1, 0.15) is 0 Å². The first-order valence-corrected chi connectivity index (χ1v) is 14.3. The van der Waals surface area contributed by atoms with Crippen molar-refractivity contribution in [2.75, 3.05) is 11.9 Å². The van der Waals surface area contributed by atoms with Crippen molar-refractivity contribution in [2.45, 2.75) is 58.1 Å². The van der Waals surface area contributed by atoms with E-state index in [2.05, 4.69) is 35.1 Å². The molecule has 218 valence electrons. The Kier molecular flexibility index (Phi) is 9.76. The number of primary amides is 1. The second-order valence-corrected chi connectivity index (χ2v) is 11.1. The minimum Gasteiger partial charge on any atom is -0.392 e. The zero-order chi connectivity index (χ0) is 30.4. The van der Waals surface area contributed by atoms with Crippen molar-refractivity contribution >= 4 is 23.2 Å². The van der Waals surface area contributed by atoms with Crippen molar-refractivity contribution in [2.24, 2.45) is 5.73 Å². The van der Waals surface area contributed by atoms with E-state index in [0.29, 0.717) is 23.5 Å². The van der Waals surface area contributed by atoms with Crippen LogP contribution in [-0.4, -0.2) is 35.1 Å². The molecule has 2 amide bonds. The molecule has 0 bridgehead atoms. The number of aromatic nitrogens is 1. The number of amides is 2. The number of aliphatic hydroxyl groups excluding tert-OH is 1. The zero-order valence-corrected chi connectivity index (χ0v) is 24.9. The average molecular weight is 565 g/mol. The van der Waals surface area contributed by atoms with Crippen molar-refractivity contribution in [3.8, 4) is 0 Å². The van der Waals surface area contributed by atoms with Gasteiger partial charge in [-0.05, 0) is 59.4 Å². The Morgan fingerprint density at radius 1 is 0.881 bits per heavy atom. The number of carbonyl (C=O) groups excluding carboxylic acids is 2. The molecule has 0 aliphatic rings. The fraction of sp³-hybridized carbons (Fsp3) is 0.286. The van der Waals surface area contributed by atoms with Crippen LogP contribution < -0.4 is 16.0 Å². The molecule has 7 heteroatoms. The van der Waals surface area contributed by atoms with Crippen LogP contribution in [0.25, 0.3) is 0 Å². The zero-order valence-electron chi connectivity index (χ0n) is 24.9. The standard InChI is InChI=1S/C35H40N4O3/c1-22(2)27-18-28(21-37-20-27)39(5)31-17-10-9-14-26(31)19-32(40)23(3)33-29(34(36)41)15-11-16-30(33)35(42)38-24(4)25-12-7-6-8-13-25/h6-18,20-24,32,40H,19H2,1-5H3,(H2,36,41)(H,38,42)/t23-,24-,32-/m1/s1. The number of nitrogens with zero attached hydrogens (tertiary/aromatic N) is 2. The fourth-order valence-electron chi connectivity index (χ4n) is 5.26. The highest BCUT2D eigenvalue weighted by atomic mass is 16.3. The molecule has 0 radical (unpaired) electrons. The summed E-state index contributed by atoms with van der Waals surface area (Å²) in [6, 6.07) is 24.3. The SMILES string of the molecule is CC(C)c1cncc(N(C)c2ccccc2C[C@@H](O)[C@@H](C)c2c(C(N)=O)cccc2C(=O)N[C@H](C)c2ccccc2)c1. The molecular weight excluding hydrogens is 524 g/mol. The van der Waals surface area contributed by atoms with Crippen LogP contribution >= 0.6 is 0 Å². The normalized spacial score (nSPS) is 13.3. The number of nitrogens with one attached hydrogen (secondary N) is 1. The number of hydrogen-bond acceptors (Lipinski definition) is 5. The van der Waals surface area contributed by atoms with Crippen LogP contribution in [-0.2, 0) is 6.42 Å². The topological polar surface area (TPSA) is 109 Å². The molecule has 1 heterocycles. The Morgan fingerprint density at radius 3 is 2.24 bits per heavy atom. The Bertz CT molecular complexity index is 1540. The van der Waals surface area contributed by atoms with E-state index in [9.17, 15) is 14.7 Å². The summed E-state index contributed by atoms with van der Waals surface area (Å²) in [6.45, 7) is 8.00. The lowest BCUT2D eigenvalue weighted by molar-refractivity contribution is 0.0936. The Hall–Kier alpha value is -4.49. The maximum Gasteiger partial charge on any atom is 0.252 e. The Balaban J connectivity index is 1.63. The smallest absolute Gasteiger partial charge is 0.252 e. The summed E-state index contributed by atoms with van der Waals surface area (Å²) in [6.07, 6.45) is 3.10. The first-order chi connectivity index (χ1) is 20.1. The highest BCUT2D eigenvalue weighted by molar-refractivity contribution is 6.02. The van der Waals surface area contributed by atoms with E-state index in [1.54, 1.807) is 18.2 Å². The number of nitrogens with two attached hydrogens (primary N) is 1. The molecule has 0 aliphatic carbocycles. The molecule has 42 heavy (non-hydrogen) atoms. The molecule has 3 aromatic carbocycles. The summed E-state index contributed by atoms with van der Waals surface area (Å²) in [4.78, 5) is 32.5. The monoisotopic (exact) mass is 564 g/mol. The highest BCUT2D eigenvalue weighted by Gasteiger charge is 2.28. The second kappa shape index (κ2) is 13.4. The van der Waals surface area contributed by atoms with Gasteiger partial charge in [0.15, 0.2) is 0 Å². The lowest BCUT2D eigenvalue weighted by Gasteiger charge is -2.27. The maximum atomic E-state index is 13.5. The van der Waals surface area contributed by atoms with Crippen LogP contribution in [0.4, 0.5) is 11.4 Å². The van der Waals surface area contributed by atoms with Crippen molar-refractivity contribution in [3.05, 3.63) is 125 Å². The van der Waals surface area contributed by atoms with E-state index in [0.717, 1.165) is 28.1 Å². The predicted octanol–water partition coefficient (Wildman–Crippen LogP) is 6.27. The van der Waals surface area contributed by atoms with Gasteiger partial charge in [-0.1, -0.05) is 75.4 Å². The van der Waals surface area contributed by atoms with Crippen LogP contribution in [0.1, 0.15) is 88.5 Å². The Morgan fingerprint density at radius 2 is 1.55 bits per heavy atom. The minimum absolute atomic E-state index is 0.226. The van der Waals surface area contributed by atoms with E-state index in [4.69, 9.17) is 5.73 Å². The molecule has 4 N–H and O–H groups in total. The number of anilines is 2. The van der Waals surface area contributed by atoms with Gasteiger partial charge in [0.25, 0.3) is 5.91 Å². The van der Waals surface area contributed by atoms with Crippen LogP contribution in [0.15, 0.2) is 91.3 Å². The molecule has 0 fully saturated rings. The van der Waals surface area contributed by atoms with Gasteiger partial charge in [-0.25, -0.2) is 0 Å². The molecule has 4 rings (SSSR count). The molecule has 0 saturated carbocycles. The first kappa shape index (κ1) is 30.5. The summed E-state index contributed by atoms with van der Waals surface area (Å²) in [5, 5.41) is 14.6. The first-order valence-electron chi connectivity index (χ1n) is 14.3. The van der Waals surface area contributed by atoms with E-state index in [-0.39, 0.29) is 17.5 Å². The number of hydrogen-bond donors (Lipinski definition) is 3. The van der Waals surface area contributed by atoms with Crippen LogP contribution in [0.2, 0.25) is 0 Å². The van der Waals surface area contributed by atoms with E-state index in [1.807, 2.05) is 87.9 Å². The van der Waals surface area contributed by atoms with E-state index >= 15 is 0 Å². The van der Waals surface area contributed by atoms with Crippen LogP contribution in [0.5, 0.6) is 0 Å². The van der Waals surface area contributed by atoms with E-state index in [1.165, 1.54) is 0 Å².